The third-order valence-corrected chi connectivity index (χ3v) is 8.50. The second kappa shape index (κ2) is 6.14. The van der Waals surface area contributed by atoms with Gasteiger partial charge in [0.1, 0.15) is 23.4 Å². The highest BCUT2D eigenvalue weighted by Gasteiger charge is 2.90. The number of carbonyl (C=O) groups excluding carboxylic acids is 1. The highest BCUT2D eigenvalue weighted by atomic mass is 32.1. The first kappa shape index (κ1) is 20.3. The quantitative estimate of drug-likeness (QED) is 0.520. The Morgan fingerprint density at radius 2 is 2.06 bits per heavy atom. The van der Waals surface area contributed by atoms with Crippen molar-refractivity contribution in [3.05, 3.63) is 28.3 Å². The molecule has 174 valence electrons. The first-order chi connectivity index (χ1) is 15.9. The number of aromatic hydroxyl groups is 1. The number of aryl methyl sites for hydroxylation is 1. The normalized spacial score (nSPS) is 37.3. The highest BCUT2D eigenvalue weighted by molar-refractivity contribution is 7.80. The Hall–Kier alpha value is -2.04. The van der Waals surface area contributed by atoms with E-state index in [0.717, 1.165) is 23.1 Å². The van der Waals surface area contributed by atoms with Crippen molar-refractivity contribution in [2.24, 2.45) is 0 Å². The summed E-state index contributed by atoms with van der Waals surface area (Å²) in [6.45, 7) is 2.31. The molecule has 5 atom stereocenters. The summed E-state index contributed by atoms with van der Waals surface area (Å²) in [5, 5.41) is 12.6. The summed E-state index contributed by atoms with van der Waals surface area (Å²) < 4.78 is 37.3. The minimum Gasteiger partial charge on any atom is -0.506 e. The van der Waals surface area contributed by atoms with Crippen LogP contribution >= 0.6 is 12.6 Å². The number of rotatable bonds is 3. The van der Waals surface area contributed by atoms with E-state index in [1.165, 1.54) is 0 Å². The molecule has 1 spiro atoms. The first-order valence-corrected chi connectivity index (χ1v) is 11.8. The van der Waals surface area contributed by atoms with Gasteiger partial charge in [0.25, 0.3) is 5.79 Å². The Kier molecular flexibility index (Phi) is 3.79. The van der Waals surface area contributed by atoms with Crippen LogP contribution in [0.4, 0.5) is 0 Å². The maximum atomic E-state index is 12.9. The maximum absolute atomic E-state index is 12.9. The molecule has 33 heavy (non-hydrogen) atoms. The highest BCUT2D eigenvalue weighted by Crippen LogP contribution is 2.71. The molecule has 3 fully saturated rings. The average molecular weight is 473 g/mol. The first-order valence-electron chi connectivity index (χ1n) is 11.2. The van der Waals surface area contributed by atoms with Crippen molar-refractivity contribution in [2.45, 2.75) is 55.6 Å². The zero-order valence-corrected chi connectivity index (χ0v) is 19.4. The second-order valence-electron chi connectivity index (χ2n) is 9.45. The van der Waals surface area contributed by atoms with Gasteiger partial charge in [-0.2, -0.15) is 12.6 Å². The lowest BCUT2D eigenvalue weighted by Crippen LogP contribution is -2.67. The lowest BCUT2D eigenvalue weighted by atomic mass is 9.78. The minimum atomic E-state index is -1.27. The topological polar surface area (TPSA) is 96.0 Å². The van der Waals surface area contributed by atoms with Gasteiger partial charge in [0.15, 0.2) is 11.9 Å². The summed E-state index contributed by atoms with van der Waals surface area (Å²) in [5.41, 5.74) is 1.76. The van der Waals surface area contributed by atoms with Gasteiger partial charge in [-0.15, -0.1) is 0 Å². The molecule has 1 unspecified atom stereocenters. The number of Topliss-reactive ketones (excluding diaryl/α,β-unsaturated/α-hetero) is 1. The van der Waals surface area contributed by atoms with Crippen molar-refractivity contribution >= 4 is 29.2 Å². The maximum Gasteiger partial charge on any atom is 0.276 e. The fourth-order valence-electron chi connectivity index (χ4n) is 6.59. The molecule has 2 aromatic rings. The molecule has 5 aliphatic rings. The van der Waals surface area contributed by atoms with Crippen molar-refractivity contribution in [1.29, 1.82) is 0 Å². The van der Waals surface area contributed by atoms with Gasteiger partial charge >= 0.3 is 0 Å². The Labute approximate surface area is 195 Å². The summed E-state index contributed by atoms with van der Waals surface area (Å²) in [6, 6.07) is 1.96. The number of epoxide rings is 1. The number of ketones is 1. The molecule has 9 heteroatoms. The molecule has 8 nitrogen and oxygen atoms in total. The number of carbonyl (C=O) groups is 1. The van der Waals surface area contributed by atoms with E-state index in [4.69, 9.17) is 28.4 Å². The molecule has 0 radical (unpaired) electrons. The standard InChI is InChI=1S/C24H24O8S/c1-10-7-12-16(17(26)15-11(18(12)27-2)5-4-6-13(15)25)19-14(10)20-21-24(28-3,31-19)22(8-29-22)23(9-33,30-20)32-21/h7,20-21,26,33H,4-6,8-9H2,1-3H3/t20?,21-,22-,23-,24-/m1/s1. The number of phenols is 1. The Morgan fingerprint density at radius 1 is 1.27 bits per heavy atom. The van der Waals surface area contributed by atoms with Gasteiger partial charge in [0.2, 0.25) is 11.4 Å². The van der Waals surface area contributed by atoms with Crippen LogP contribution in [-0.4, -0.2) is 60.7 Å². The number of benzene rings is 2. The van der Waals surface area contributed by atoms with Crippen molar-refractivity contribution < 1.29 is 38.3 Å². The molecule has 1 aliphatic carbocycles. The molecule has 4 heterocycles. The van der Waals surface area contributed by atoms with Crippen molar-refractivity contribution in [2.75, 3.05) is 26.6 Å². The molecular formula is C24H24O8S. The summed E-state index contributed by atoms with van der Waals surface area (Å²) in [5.74, 6) is -1.27. The summed E-state index contributed by atoms with van der Waals surface area (Å²) in [6.07, 6.45) is 0.702. The van der Waals surface area contributed by atoms with Crippen molar-refractivity contribution in [3.63, 3.8) is 0 Å². The predicted molar refractivity (Wildman–Crippen MR) is 119 cm³/mol. The summed E-state index contributed by atoms with van der Waals surface area (Å²) in [4.78, 5) is 12.9. The van der Waals surface area contributed by atoms with Crippen LogP contribution in [0.2, 0.25) is 0 Å². The lowest BCUT2D eigenvalue weighted by Gasteiger charge is -2.48. The number of hydrogen-bond acceptors (Lipinski definition) is 9. The molecule has 1 N–H and O–H groups in total. The van der Waals surface area contributed by atoms with E-state index in [9.17, 15) is 9.90 Å². The third-order valence-electron chi connectivity index (χ3n) is 8.08. The molecule has 0 amide bonds. The van der Waals surface area contributed by atoms with Crippen LogP contribution in [0.25, 0.3) is 10.8 Å². The predicted octanol–water partition coefficient (Wildman–Crippen LogP) is 2.98. The van der Waals surface area contributed by atoms with Crippen LogP contribution in [0.15, 0.2) is 6.07 Å². The lowest BCUT2D eigenvalue weighted by molar-refractivity contribution is -0.283. The van der Waals surface area contributed by atoms with E-state index in [0.29, 0.717) is 47.3 Å². The molecule has 7 rings (SSSR count). The van der Waals surface area contributed by atoms with E-state index in [1.54, 1.807) is 14.2 Å². The molecule has 2 bridgehead atoms. The molecule has 3 saturated heterocycles. The largest absolute Gasteiger partial charge is 0.506 e. The van der Waals surface area contributed by atoms with Gasteiger partial charge in [0.05, 0.1) is 24.7 Å². The van der Waals surface area contributed by atoms with E-state index in [1.807, 2.05) is 13.0 Å². The van der Waals surface area contributed by atoms with Gasteiger partial charge in [-0.3, -0.25) is 4.79 Å². The fraction of sp³-hybridized carbons (Fsp3) is 0.542. The molecule has 0 aromatic heterocycles. The van der Waals surface area contributed by atoms with E-state index < -0.39 is 29.4 Å². The number of fused-ring (bicyclic) bond motifs is 8. The van der Waals surface area contributed by atoms with Gasteiger partial charge in [-0.05, 0) is 31.4 Å². The molecule has 2 aromatic carbocycles. The van der Waals surface area contributed by atoms with Crippen LogP contribution in [0.5, 0.6) is 17.2 Å². The van der Waals surface area contributed by atoms with Crippen LogP contribution < -0.4 is 9.47 Å². The smallest absolute Gasteiger partial charge is 0.276 e. The number of thiol groups is 1. The molecule has 4 aliphatic heterocycles. The zero-order valence-electron chi connectivity index (χ0n) is 18.5. The number of ether oxygens (including phenoxy) is 6. The van der Waals surface area contributed by atoms with Crippen molar-refractivity contribution in [3.8, 4) is 17.2 Å². The zero-order chi connectivity index (χ0) is 22.9. The number of methoxy groups -OCH3 is 2. The van der Waals surface area contributed by atoms with Gasteiger partial charge in [0, 0.05) is 35.8 Å². The third kappa shape index (κ3) is 2.01. The van der Waals surface area contributed by atoms with Gasteiger partial charge < -0.3 is 33.5 Å². The number of hydrogen-bond donors (Lipinski definition) is 2. The summed E-state index contributed by atoms with van der Waals surface area (Å²) >= 11 is 4.51. The average Bonchev–Trinajstić information content (AvgIpc) is 3.47. The van der Waals surface area contributed by atoms with E-state index in [2.05, 4.69) is 12.6 Å². The monoisotopic (exact) mass is 472 g/mol. The van der Waals surface area contributed by atoms with Crippen LogP contribution in [0.1, 0.15) is 46.0 Å². The number of phenolic OH excluding ortho intramolecular Hbond substituents is 1. The molecular weight excluding hydrogens is 448 g/mol. The van der Waals surface area contributed by atoms with Gasteiger partial charge in [-0.1, -0.05) is 0 Å². The summed E-state index contributed by atoms with van der Waals surface area (Å²) in [7, 11) is 3.15. The van der Waals surface area contributed by atoms with Crippen LogP contribution in [-0.2, 0) is 25.4 Å². The fourth-order valence-corrected chi connectivity index (χ4v) is 6.99. The minimum absolute atomic E-state index is 0.0871. The Morgan fingerprint density at radius 3 is 2.73 bits per heavy atom. The van der Waals surface area contributed by atoms with Crippen LogP contribution in [0.3, 0.4) is 0 Å². The second-order valence-corrected chi connectivity index (χ2v) is 9.76. The van der Waals surface area contributed by atoms with Gasteiger partial charge in [-0.25, -0.2) is 0 Å². The molecule has 0 saturated carbocycles. The Bertz CT molecular complexity index is 1270. The van der Waals surface area contributed by atoms with Crippen molar-refractivity contribution in [1.82, 2.24) is 0 Å². The SMILES string of the molecule is COc1c2c(c(O)c3c4c(c(C)cc13)C1O[C@]3(CS)O[C@H]1[C@@](OC)(O4)[C@@]31CO1)C(=O)CCC2. The Balaban J connectivity index is 1.58. The van der Waals surface area contributed by atoms with Crippen LogP contribution in [0, 0.1) is 6.92 Å². The van der Waals surface area contributed by atoms with E-state index in [-0.39, 0.29) is 17.3 Å². The van der Waals surface area contributed by atoms with E-state index >= 15 is 0 Å².